The van der Waals surface area contributed by atoms with Crippen LogP contribution in [0.5, 0.6) is 0 Å². The van der Waals surface area contributed by atoms with E-state index in [9.17, 15) is 0 Å². The number of hydrogen-bond donors (Lipinski definition) is 1. The van der Waals surface area contributed by atoms with E-state index in [1.54, 1.807) is 0 Å². The summed E-state index contributed by atoms with van der Waals surface area (Å²) in [6, 6.07) is 6.84. The first-order valence-corrected chi connectivity index (χ1v) is 8.16. The van der Waals surface area contributed by atoms with E-state index in [1.165, 1.54) is 16.8 Å². The lowest BCUT2D eigenvalue weighted by atomic mass is 10.1. The monoisotopic (exact) mass is 290 g/mol. The predicted molar refractivity (Wildman–Crippen MR) is 89.9 cm³/mol. The van der Waals surface area contributed by atoms with Crippen LogP contribution in [0.25, 0.3) is 0 Å². The van der Waals surface area contributed by atoms with Crippen molar-refractivity contribution < 1.29 is 4.74 Å². The number of rotatable bonds is 5. The summed E-state index contributed by atoms with van der Waals surface area (Å²) < 4.78 is 5.82. The molecule has 1 N–H and O–H groups in total. The maximum absolute atomic E-state index is 5.82. The Labute approximate surface area is 129 Å². The molecule has 2 rings (SSSR count). The molecule has 0 saturated carbocycles. The molecule has 0 aromatic heterocycles. The van der Waals surface area contributed by atoms with Gasteiger partial charge in [-0.25, -0.2) is 0 Å². The zero-order valence-corrected chi connectivity index (χ0v) is 14.1. The predicted octanol–water partition coefficient (Wildman–Crippen LogP) is 3.35. The Morgan fingerprint density at radius 1 is 1.24 bits per heavy atom. The third-order valence-corrected chi connectivity index (χ3v) is 3.98. The fraction of sp³-hybridized carbons (Fsp3) is 0.667. The number of hydrogen-bond acceptors (Lipinski definition) is 3. The number of aryl methyl sites for hydroxylation is 1. The summed E-state index contributed by atoms with van der Waals surface area (Å²) in [5, 5.41) is 3.52. The summed E-state index contributed by atoms with van der Waals surface area (Å²) in [5.41, 5.74) is 4.09. The number of nitrogens with one attached hydrogen (secondary N) is 1. The molecule has 0 aliphatic carbocycles. The van der Waals surface area contributed by atoms with Crippen molar-refractivity contribution >= 4 is 5.69 Å². The maximum atomic E-state index is 5.82. The zero-order valence-electron chi connectivity index (χ0n) is 14.1. The van der Waals surface area contributed by atoms with Gasteiger partial charge in [-0.3, -0.25) is 0 Å². The molecule has 1 saturated heterocycles. The minimum absolute atomic E-state index is 0.307. The smallest absolute Gasteiger partial charge is 0.0726 e. The fourth-order valence-electron chi connectivity index (χ4n) is 2.96. The van der Waals surface area contributed by atoms with Crippen LogP contribution in [-0.2, 0) is 11.3 Å². The number of nitrogens with zero attached hydrogens (tertiary/aromatic N) is 1. The second kappa shape index (κ2) is 7.28. The molecule has 2 unspecified atom stereocenters. The summed E-state index contributed by atoms with van der Waals surface area (Å²) in [6.45, 7) is 15.0. The Morgan fingerprint density at radius 2 is 1.90 bits per heavy atom. The van der Waals surface area contributed by atoms with Crippen molar-refractivity contribution in [3.05, 3.63) is 29.3 Å². The highest BCUT2D eigenvalue weighted by Crippen LogP contribution is 2.23. The third kappa shape index (κ3) is 4.72. The van der Waals surface area contributed by atoms with Crippen molar-refractivity contribution in [2.24, 2.45) is 5.92 Å². The van der Waals surface area contributed by atoms with E-state index < -0.39 is 0 Å². The van der Waals surface area contributed by atoms with Crippen molar-refractivity contribution in [1.82, 2.24) is 5.32 Å². The Bertz CT molecular complexity index is 449. The normalized spacial score (nSPS) is 22.9. The fourth-order valence-corrected chi connectivity index (χ4v) is 2.96. The molecule has 2 atom stereocenters. The molecule has 118 valence electrons. The third-order valence-electron chi connectivity index (χ3n) is 3.98. The molecule has 0 radical (unpaired) electrons. The molecule has 1 aromatic rings. The van der Waals surface area contributed by atoms with Gasteiger partial charge in [0.25, 0.3) is 0 Å². The Hall–Kier alpha value is -1.06. The molecule has 1 aliphatic heterocycles. The van der Waals surface area contributed by atoms with Gasteiger partial charge in [-0.15, -0.1) is 0 Å². The van der Waals surface area contributed by atoms with Crippen LogP contribution >= 0.6 is 0 Å². The quantitative estimate of drug-likeness (QED) is 0.900. The van der Waals surface area contributed by atoms with Gasteiger partial charge in [0.05, 0.1) is 12.2 Å². The second-order valence-corrected chi connectivity index (χ2v) is 6.80. The molecule has 21 heavy (non-hydrogen) atoms. The molecule has 0 amide bonds. The molecule has 1 fully saturated rings. The van der Waals surface area contributed by atoms with Gasteiger partial charge in [0.1, 0.15) is 0 Å². The molecule has 3 heteroatoms. The Balaban J connectivity index is 2.01. The van der Waals surface area contributed by atoms with Crippen LogP contribution in [0, 0.1) is 12.8 Å². The van der Waals surface area contributed by atoms with Crippen molar-refractivity contribution in [1.29, 1.82) is 0 Å². The molecule has 3 nitrogen and oxygen atoms in total. The minimum Gasteiger partial charge on any atom is -0.372 e. The highest BCUT2D eigenvalue weighted by atomic mass is 16.5. The first-order chi connectivity index (χ1) is 9.95. The molecular weight excluding hydrogens is 260 g/mol. The van der Waals surface area contributed by atoms with Crippen molar-refractivity contribution in [2.45, 2.75) is 53.4 Å². The van der Waals surface area contributed by atoms with E-state index >= 15 is 0 Å². The van der Waals surface area contributed by atoms with Crippen LogP contribution in [0.2, 0.25) is 0 Å². The molecule has 1 aliphatic rings. The van der Waals surface area contributed by atoms with Gasteiger partial charge in [-0.05, 0) is 56.5 Å². The average molecular weight is 290 g/mol. The van der Waals surface area contributed by atoms with Crippen molar-refractivity contribution in [3.63, 3.8) is 0 Å². The Kier molecular flexibility index (Phi) is 5.65. The molecule has 0 spiro atoms. The lowest BCUT2D eigenvalue weighted by Crippen LogP contribution is -2.45. The van der Waals surface area contributed by atoms with Crippen LogP contribution in [0.3, 0.4) is 0 Å². The molecule has 1 aromatic carbocycles. The summed E-state index contributed by atoms with van der Waals surface area (Å²) in [4.78, 5) is 2.44. The molecular formula is C18H30N2O. The van der Waals surface area contributed by atoms with Crippen molar-refractivity contribution in [2.75, 3.05) is 24.5 Å². The van der Waals surface area contributed by atoms with Crippen LogP contribution in [0.1, 0.15) is 38.8 Å². The molecule has 1 heterocycles. The SMILES string of the molecule is Cc1cc(N2CC(C)OC(C)C2)ccc1CNCC(C)C. The number of benzene rings is 1. The first-order valence-electron chi connectivity index (χ1n) is 8.16. The van der Waals surface area contributed by atoms with E-state index in [0.29, 0.717) is 18.1 Å². The van der Waals surface area contributed by atoms with E-state index in [2.05, 4.69) is 63.0 Å². The zero-order chi connectivity index (χ0) is 15.4. The van der Waals surface area contributed by atoms with E-state index in [-0.39, 0.29) is 0 Å². The van der Waals surface area contributed by atoms with Gasteiger partial charge in [-0.2, -0.15) is 0 Å². The summed E-state index contributed by atoms with van der Waals surface area (Å²) in [5.74, 6) is 0.695. The van der Waals surface area contributed by atoms with Gasteiger partial charge >= 0.3 is 0 Å². The van der Waals surface area contributed by atoms with E-state index in [4.69, 9.17) is 4.74 Å². The first kappa shape index (κ1) is 16.3. The van der Waals surface area contributed by atoms with Crippen LogP contribution in [0.4, 0.5) is 5.69 Å². The number of ether oxygens (including phenoxy) is 1. The number of anilines is 1. The van der Waals surface area contributed by atoms with Crippen LogP contribution in [-0.4, -0.2) is 31.8 Å². The topological polar surface area (TPSA) is 24.5 Å². The standard InChI is InChI=1S/C18H30N2O/c1-13(2)9-19-10-17-6-7-18(8-14(17)3)20-11-15(4)21-16(5)12-20/h6-8,13,15-16,19H,9-12H2,1-5H3. The molecule has 0 bridgehead atoms. The van der Waals surface area contributed by atoms with Crippen molar-refractivity contribution in [3.8, 4) is 0 Å². The number of morpholine rings is 1. The van der Waals surface area contributed by atoms with Crippen LogP contribution in [0.15, 0.2) is 18.2 Å². The van der Waals surface area contributed by atoms with Gasteiger partial charge in [0.15, 0.2) is 0 Å². The average Bonchev–Trinajstić information content (AvgIpc) is 2.39. The summed E-state index contributed by atoms with van der Waals surface area (Å²) in [7, 11) is 0. The lowest BCUT2D eigenvalue weighted by Gasteiger charge is -2.37. The second-order valence-electron chi connectivity index (χ2n) is 6.80. The lowest BCUT2D eigenvalue weighted by molar-refractivity contribution is -0.00522. The van der Waals surface area contributed by atoms with Gasteiger partial charge in [0, 0.05) is 25.3 Å². The van der Waals surface area contributed by atoms with Crippen LogP contribution < -0.4 is 10.2 Å². The van der Waals surface area contributed by atoms with Gasteiger partial charge in [-0.1, -0.05) is 19.9 Å². The van der Waals surface area contributed by atoms with E-state index in [0.717, 1.165) is 26.2 Å². The highest BCUT2D eigenvalue weighted by Gasteiger charge is 2.22. The minimum atomic E-state index is 0.307. The highest BCUT2D eigenvalue weighted by molar-refractivity contribution is 5.51. The summed E-state index contributed by atoms with van der Waals surface area (Å²) in [6.07, 6.45) is 0.614. The van der Waals surface area contributed by atoms with Gasteiger partial charge in [0.2, 0.25) is 0 Å². The Morgan fingerprint density at radius 3 is 2.48 bits per heavy atom. The summed E-state index contributed by atoms with van der Waals surface area (Å²) >= 11 is 0. The van der Waals surface area contributed by atoms with Gasteiger partial charge < -0.3 is 15.0 Å². The van der Waals surface area contributed by atoms with E-state index in [1.807, 2.05) is 0 Å². The maximum Gasteiger partial charge on any atom is 0.0726 e. The largest absolute Gasteiger partial charge is 0.372 e.